The van der Waals surface area contributed by atoms with Crippen molar-refractivity contribution in [2.75, 3.05) is 7.11 Å². The average Bonchev–Trinajstić information content (AvgIpc) is 2.20. The summed E-state index contributed by atoms with van der Waals surface area (Å²) in [7, 11) is 1.66. The number of rotatable bonds is 3. The predicted octanol–water partition coefficient (Wildman–Crippen LogP) is 2.89. The van der Waals surface area contributed by atoms with Crippen molar-refractivity contribution >= 4 is 0 Å². The highest BCUT2D eigenvalue weighted by Crippen LogP contribution is 2.35. The van der Waals surface area contributed by atoms with Gasteiger partial charge in [0.1, 0.15) is 0 Å². The Bertz CT molecular complexity index is 187. The fourth-order valence-corrected chi connectivity index (χ4v) is 2.20. The third-order valence-corrected chi connectivity index (χ3v) is 3.20. The van der Waals surface area contributed by atoms with Gasteiger partial charge in [-0.2, -0.15) is 5.26 Å². The molecule has 2 heteroatoms. The first-order chi connectivity index (χ1) is 6.26. The molecule has 1 aliphatic rings. The maximum atomic E-state index is 8.98. The predicted molar refractivity (Wildman–Crippen MR) is 52.2 cm³/mol. The van der Waals surface area contributed by atoms with Crippen molar-refractivity contribution in [1.29, 1.82) is 5.26 Å². The molecule has 0 aromatic heterocycles. The molecule has 0 heterocycles. The summed E-state index contributed by atoms with van der Waals surface area (Å²) in [5.74, 6) is 0.835. The zero-order valence-corrected chi connectivity index (χ0v) is 8.68. The summed E-state index contributed by atoms with van der Waals surface area (Å²) in [5, 5.41) is 8.98. The first-order valence-corrected chi connectivity index (χ1v) is 5.22. The van der Waals surface area contributed by atoms with E-state index in [1.807, 2.05) is 0 Å². The molecule has 74 valence electrons. The molecule has 0 spiro atoms. The average molecular weight is 181 g/mol. The van der Waals surface area contributed by atoms with E-state index in [0.29, 0.717) is 0 Å². The van der Waals surface area contributed by atoms with Gasteiger partial charge in [0, 0.05) is 7.11 Å². The number of nitriles is 1. The van der Waals surface area contributed by atoms with Crippen molar-refractivity contribution < 1.29 is 4.74 Å². The summed E-state index contributed by atoms with van der Waals surface area (Å²) in [6.45, 7) is 2.22. The monoisotopic (exact) mass is 181 g/mol. The Kier molecular flexibility index (Phi) is 3.74. The number of methoxy groups -OCH3 is 1. The second-order valence-corrected chi connectivity index (χ2v) is 4.04. The van der Waals surface area contributed by atoms with Gasteiger partial charge in [0.15, 0.2) is 5.60 Å². The Labute approximate surface area is 80.9 Å². The molecule has 0 aliphatic heterocycles. The minimum atomic E-state index is -0.454. The molecular formula is C11H19NO. The maximum absolute atomic E-state index is 8.98. The second kappa shape index (κ2) is 4.62. The van der Waals surface area contributed by atoms with Crippen molar-refractivity contribution in [2.24, 2.45) is 5.92 Å². The van der Waals surface area contributed by atoms with Gasteiger partial charge < -0.3 is 4.74 Å². The van der Waals surface area contributed by atoms with Crippen LogP contribution in [0.4, 0.5) is 0 Å². The Hall–Kier alpha value is -0.550. The van der Waals surface area contributed by atoms with Gasteiger partial charge in [0.2, 0.25) is 0 Å². The van der Waals surface area contributed by atoms with Crippen LogP contribution in [0, 0.1) is 17.2 Å². The Morgan fingerprint density at radius 2 is 2.08 bits per heavy atom. The first-order valence-electron chi connectivity index (χ1n) is 5.22. The lowest BCUT2D eigenvalue weighted by Gasteiger charge is -2.33. The maximum Gasteiger partial charge on any atom is 0.153 e. The zero-order chi connectivity index (χ0) is 9.73. The molecular weight excluding hydrogens is 162 g/mol. The van der Waals surface area contributed by atoms with E-state index in [1.165, 1.54) is 12.8 Å². The summed E-state index contributed by atoms with van der Waals surface area (Å²) >= 11 is 0. The van der Waals surface area contributed by atoms with Crippen molar-refractivity contribution in [3.8, 4) is 6.07 Å². The van der Waals surface area contributed by atoms with Gasteiger partial charge in [-0.1, -0.05) is 19.8 Å². The highest BCUT2D eigenvalue weighted by Gasteiger charge is 2.34. The van der Waals surface area contributed by atoms with E-state index in [0.717, 1.165) is 31.6 Å². The standard InChI is InChI=1S/C11H19NO/c1-3-4-10-5-7-11(9-12,13-2)8-6-10/h10H,3-8H2,1-2H3. The third kappa shape index (κ3) is 2.45. The third-order valence-electron chi connectivity index (χ3n) is 3.20. The number of nitrogens with zero attached hydrogens (tertiary/aromatic N) is 1. The molecule has 2 nitrogen and oxygen atoms in total. The minimum absolute atomic E-state index is 0.454. The summed E-state index contributed by atoms with van der Waals surface area (Å²) in [6.07, 6.45) is 6.74. The molecule has 1 aliphatic carbocycles. The number of ether oxygens (including phenoxy) is 1. The summed E-state index contributed by atoms with van der Waals surface area (Å²) in [6, 6.07) is 2.31. The molecule has 1 saturated carbocycles. The van der Waals surface area contributed by atoms with Crippen molar-refractivity contribution in [3.63, 3.8) is 0 Å². The fourth-order valence-electron chi connectivity index (χ4n) is 2.20. The van der Waals surface area contributed by atoms with Gasteiger partial charge >= 0.3 is 0 Å². The van der Waals surface area contributed by atoms with Crippen LogP contribution < -0.4 is 0 Å². The minimum Gasteiger partial charge on any atom is -0.363 e. The van der Waals surface area contributed by atoms with E-state index in [9.17, 15) is 0 Å². The van der Waals surface area contributed by atoms with Crippen LogP contribution in [0.3, 0.4) is 0 Å². The van der Waals surface area contributed by atoms with Crippen LogP contribution in [0.1, 0.15) is 45.4 Å². The van der Waals surface area contributed by atoms with E-state index in [-0.39, 0.29) is 0 Å². The molecule has 0 aromatic rings. The van der Waals surface area contributed by atoms with Crippen LogP contribution in [0.15, 0.2) is 0 Å². The second-order valence-electron chi connectivity index (χ2n) is 4.04. The number of hydrogen-bond donors (Lipinski definition) is 0. The van der Waals surface area contributed by atoms with Gasteiger partial charge in [-0.15, -0.1) is 0 Å². The van der Waals surface area contributed by atoms with Crippen molar-refractivity contribution in [1.82, 2.24) is 0 Å². The van der Waals surface area contributed by atoms with E-state index >= 15 is 0 Å². The normalized spacial score (nSPS) is 34.1. The van der Waals surface area contributed by atoms with Crippen LogP contribution in [-0.4, -0.2) is 12.7 Å². The zero-order valence-electron chi connectivity index (χ0n) is 8.68. The van der Waals surface area contributed by atoms with Crippen LogP contribution >= 0.6 is 0 Å². The lowest BCUT2D eigenvalue weighted by atomic mass is 9.78. The van der Waals surface area contributed by atoms with E-state index in [4.69, 9.17) is 10.00 Å². The summed E-state index contributed by atoms with van der Waals surface area (Å²) in [5.41, 5.74) is -0.454. The molecule has 0 amide bonds. The van der Waals surface area contributed by atoms with E-state index < -0.39 is 5.60 Å². The van der Waals surface area contributed by atoms with Crippen LogP contribution in [0.25, 0.3) is 0 Å². The molecule has 1 rings (SSSR count). The highest BCUT2D eigenvalue weighted by molar-refractivity contribution is 5.04. The highest BCUT2D eigenvalue weighted by atomic mass is 16.5. The van der Waals surface area contributed by atoms with Crippen LogP contribution in [0.5, 0.6) is 0 Å². The molecule has 13 heavy (non-hydrogen) atoms. The van der Waals surface area contributed by atoms with Crippen LogP contribution in [0.2, 0.25) is 0 Å². The Balaban J connectivity index is 2.42. The smallest absolute Gasteiger partial charge is 0.153 e. The lowest BCUT2D eigenvalue weighted by Crippen LogP contribution is -2.34. The SMILES string of the molecule is CCCC1CCC(C#N)(OC)CC1. The van der Waals surface area contributed by atoms with Gasteiger partial charge in [0.05, 0.1) is 6.07 Å². The molecule has 0 N–H and O–H groups in total. The number of hydrogen-bond acceptors (Lipinski definition) is 2. The summed E-state index contributed by atoms with van der Waals surface area (Å²) < 4.78 is 5.29. The molecule has 0 bridgehead atoms. The van der Waals surface area contributed by atoms with Crippen LogP contribution in [-0.2, 0) is 4.74 Å². The quantitative estimate of drug-likeness (QED) is 0.670. The lowest BCUT2D eigenvalue weighted by molar-refractivity contribution is -0.00401. The molecule has 0 unspecified atom stereocenters. The first kappa shape index (κ1) is 10.5. The van der Waals surface area contributed by atoms with Gasteiger partial charge in [-0.25, -0.2) is 0 Å². The topological polar surface area (TPSA) is 33.0 Å². The largest absolute Gasteiger partial charge is 0.363 e. The Morgan fingerprint density at radius 3 is 2.46 bits per heavy atom. The molecule has 0 aromatic carbocycles. The summed E-state index contributed by atoms with van der Waals surface area (Å²) in [4.78, 5) is 0. The van der Waals surface area contributed by atoms with Gasteiger partial charge in [0.25, 0.3) is 0 Å². The molecule has 1 fully saturated rings. The Morgan fingerprint density at radius 1 is 1.46 bits per heavy atom. The molecule has 0 saturated heterocycles. The van der Waals surface area contributed by atoms with E-state index in [2.05, 4.69) is 13.0 Å². The molecule has 0 radical (unpaired) electrons. The van der Waals surface area contributed by atoms with E-state index in [1.54, 1.807) is 7.11 Å². The molecule has 0 atom stereocenters. The van der Waals surface area contributed by atoms with Gasteiger partial charge in [-0.05, 0) is 31.6 Å². The van der Waals surface area contributed by atoms with Crippen molar-refractivity contribution in [2.45, 2.75) is 51.0 Å². The van der Waals surface area contributed by atoms with Crippen molar-refractivity contribution in [3.05, 3.63) is 0 Å². The van der Waals surface area contributed by atoms with Gasteiger partial charge in [-0.3, -0.25) is 0 Å². The fraction of sp³-hybridized carbons (Fsp3) is 0.909.